The highest BCUT2D eigenvalue weighted by Gasteiger charge is 2.12. The van der Waals surface area contributed by atoms with Gasteiger partial charge in [0.2, 0.25) is 5.91 Å². The minimum atomic E-state index is -0.186. The predicted octanol–water partition coefficient (Wildman–Crippen LogP) is 4.33. The molecule has 2 amide bonds. The van der Waals surface area contributed by atoms with Crippen molar-refractivity contribution in [1.82, 2.24) is 5.32 Å². The summed E-state index contributed by atoms with van der Waals surface area (Å²) in [6.45, 7) is 1.94. The van der Waals surface area contributed by atoms with E-state index in [1.165, 1.54) is 0 Å². The Morgan fingerprint density at radius 3 is 2.41 bits per heavy atom. The van der Waals surface area contributed by atoms with Gasteiger partial charge in [-0.25, -0.2) is 0 Å². The molecule has 0 aliphatic heterocycles. The number of hydrogen-bond acceptors (Lipinski definition) is 3. The van der Waals surface area contributed by atoms with E-state index in [1.54, 1.807) is 24.3 Å². The van der Waals surface area contributed by atoms with Gasteiger partial charge >= 0.3 is 0 Å². The third kappa shape index (κ3) is 5.69. The van der Waals surface area contributed by atoms with E-state index in [1.807, 2.05) is 61.5 Å². The number of amides is 2. The Labute approximate surface area is 170 Å². The fraction of sp³-hybridized carbons (Fsp3) is 0.167. The number of carbonyl (C=O) groups is 2. The molecule has 0 aliphatic carbocycles. The first-order chi connectivity index (χ1) is 14.0. The highest BCUT2D eigenvalue weighted by atomic mass is 16.2. The van der Waals surface area contributed by atoms with Gasteiger partial charge in [0.15, 0.2) is 0 Å². The number of carbonyl (C=O) groups excluding carboxylic acids is 2. The molecular weight excluding hydrogens is 362 g/mol. The summed E-state index contributed by atoms with van der Waals surface area (Å²) < 4.78 is 0. The maximum absolute atomic E-state index is 12.6. The minimum Gasteiger partial charge on any atom is -0.399 e. The highest BCUT2D eigenvalue weighted by Crippen LogP contribution is 2.16. The van der Waals surface area contributed by atoms with Crippen molar-refractivity contribution in [3.05, 3.63) is 95.6 Å². The zero-order valence-corrected chi connectivity index (χ0v) is 16.4. The molecule has 3 aromatic rings. The summed E-state index contributed by atoms with van der Waals surface area (Å²) >= 11 is 0. The van der Waals surface area contributed by atoms with Crippen molar-refractivity contribution in [2.75, 3.05) is 11.1 Å². The summed E-state index contributed by atoms with van der Waals surface area (Å²) in [6.07, 6.45) is 0.878. The van der Waals surface area contributed by atoms with Crippen LogP contribution in [0.5, 0.6) is 0 Å². The average molecular weight is 387 g/mol. The van der Waals surface area contributed by atoms with Gasteiger partial charge in [0, 0.05) is 23.4 Å². The van der Waals surface area contributed by atoms with Crippen LogP contribution in [0.15, 0.2) is 78.9 Å². The van der Waals surface area contributed by atoms with Gasteiger partial charge in [0.25, 0.3) is 5.91 Å². The zero-order valence-electron chi connectivity index (χ0n) is 16.4. The minimum absolute atomic E-state index is 0.113. The first kappa shape index (κ1) is 20.1. The Morgan fingerprint density at radius 2 is 1.66 bits per heavy atom. The number of benzene rings is 3. The number of hydrogen-bond donors (Lipinski definition) is 3. The first-order valence-electron chi connectivity index (χ1n) is 9.62. The summed E-state index contributed by atoms with van der Waals surface area (Å²) in [7, 11) is 0. The normalized spacial score (nSPS) is 11.5. The Hall–Kier alpha value is -3.60. The molecule has 148 valence electrons. The fourth-order valence-electron chi connectivity index (χ4n) is 3.08. The molecule has 0 spiro atoms. The summed E-state index contributed by atoms with van der Waals surface area (Å²) in [5, 5.41) is 5.83. The van der Waals surface area contributed by atoms with E-state index in [2.05, 4.69) is 10.6 Å². The lowest BCUT2D eigenvalue weighted by Gasteiger charge is -2.15. The van der Waals surface area contributed by atoms with Crippen LogP contribution in [0.1, 0.15) is 40.9 Å². The Balaban J connectivity index is 1.58. The molecule has 0 aromatic heterocycles. The topological polar surface area (TPSA) is 84.2 Å². The summed E-state index contributed by atoms with van der Waals surface area (Å²) in [5.41, 5.74) is 9.68. The maximum atomic E-state index is 12.6. The second-order valence-corrected chi connectivity index (χ2v) is 6.93. The summed E-state index contributed by atoms with van der Waals surface area (Å²) in [4.78, 5) is 24.9. The number of rotatable bonds is 7. The Kier molecular flexibility index (Phi) is 6.63. The van der Waals surface area contributed by atoms with Crippen molar-refractivity contribution in [2.45, 2.75) is 25.8 Å². The molecule has 0 fully saturated rings. The third-order valence-corrected chi connectivity index (χ3v) is 4.73. The SMILES string of the molecule is CC(NC(=O)c1cccc(NC(=O)CCc2ccccc2N)c1)c1ccccc1. The van der Waals surface area contributed by atoms with Crippen molar-refractivity contribution < 1.29 is 9.59 Å². The molecule has 0 radical (unpaired) electrons. The van der Waals surface area contributed by atoms with Gasteiger partial charge in [-0.05, 0) is 48.7 Å². The summed E-state index contributed by atoms with van der Waals surface area (Å²) in [6, 6.07) is 24.1. The van der Waals surface area contributed by atoms with Crippen molar-refractivity contribution in [3.63, 3.8) is 0 Å². The van der Waals surface area contributed by atoms with Gasteiger partial charge in [0.05, 0.1) is 6.04 Å². The van der Waals surface area contributed by atoms with Gasteiger partial charge < -0.3 is 16.4 Å². The van der Waals surface area contributed by atoms with Gasteiger partial charge in [-0.2, -0.15) is 0 Å². The van der Waals surface area contributed by atoms with E-state index in [4.69, 9.17) is 5.73 Å². The van der Waals surface area contributed by atoms with Gasteiger partial charge in [0.1, 0.15) is 0 Å². The molecule has 0 bridgehead atoms. The molecule has 0 heterocycles. The van der Waals surface area contributed by atoms with Crippen LogP contribution in [0.3, 0.4) is 0 Å². The largest absolute Gasteiger partial charge is 0.399 e. The molecular formula is C24H25N3O2. The van der Waals surface area contributed by atoms with Crippen LogP contribution in [0.4, 0.5) is 11.4 Å². The number of nitrogens with one attached hydrogen (secondary N) is 2. The molecule has 1 unspecified atom stereocenters. The molecule has 3 aromatic carbocycles. The standard InChI is InChI=1S/C24H25N3O2/c1-17(18-8-3-2-4-9-18)26-24(29)20-11-7-12-21(16-20)27-23(28)15-14-19-10-5-6-13-22(19)25/h2-13,16-17H,14-15,25H2,1H3,(H,26,29)(H,27,28). The van der Waals surface area contributed by atoms with Gasteiger partial charge in [-0.3, -0.25) is 9.59 Å². The van der Waals surface area contributed by atoms with Crippen LogP contribution in [0.25, 0.3) is 0 Å². The molecule has 5 nitrogen and oxygen atoms in total. The lowest BCUT2D eigenvalue weighted by atomic mass is 10.1. The van der Waals surface area contributed by atoms with Crippen LogP contribution in [0.2, 0.25) is 0 Å². The van der Waals surface area contributed by atoms with Gasteiger partial charge in [-0.1, -0.05) is 54.6 Å². The first-order valence-corrected chi connectivity index (χ1v) is 9.62. The van der Waals surface area contributed by atoms with E-state index in [0.29, 0.717) is 29.8 Å². The van der Waals surface area contributed by atoms with Crippen LogP contribution in [-0.2, 0) is 11.2 Å². The van der Waals surface area contributed by atoms with Crippen molar-refractivity contribution >= 4 is 23.2 Å². The second-order valence-electron chi connectivity index (χ2n) is 6.93. The molecule has 3 rings (SSSR count). The Bertz CT molecular complexity index is 986. The highest BCUT2D eigenvalue weighted by molar-refractivity contribution is 5.97. The molecule has 0 saturated carbocycles. The van der Waals surface area contributed by atoms with Gasteiger partial charge in [-0.15, -0.1) is 0 Å². The molecule has 1 atom stereocenters. The predicted molar refractivity (Wildman–Crippen MR) is 117 cm³/mol. The lowest BCUT2D eigenvalue weighted by Crippen LogP contribution is -2.26. The molecule has 0 aliphatic rings. The number of nitrogens with two attached hydrogens (primary N) is 1. The van der Waals surface area contributed by atoms with Crippen molar-refractivity contribution in [3.8, 4) is 0 Å². The van der Waals surface area contributed by atoms with E-state index < -0.39 is 0 Å². The monoisotopic (exact) mass is 387 g/mol. The van der Waals surface area contributed by atoms with Crippen LogP contribution in [-0.4, -0.2) is 11.8 Å². The summed E-state index contributed by atoms with van der Waals surface area (Å²) in [5.74, 6) is -0.307. The van der Waals surface area contributed by atoms with E-state index >= 15 is 0 Å². The molecule has 4 N–H and O–H groups in total. The molecule has 5 heteroatoms. The Morgan fingerprint density at radius 1 is 0.931 bits per heavy atom. The van der Waals surface area contributed by atoms with Crippen LogP contribution >= 0.6 is 0 Å². The molecule has 29 heavy (non-hydrogen) atoms. The number of aryl methyl sites for hydroxylation is 1. The zero-order chi connectivity index (χ0) is 20.6. The smallest absolute Gasteiger partial charge is 0.251 e. The van der Waals surface area contributed by atoms with E-state index in [9.17, 15) is 9.59 Å². The number of anilines is 2. The second kappa shape index (κ2) is 9.55. The molecule has 0 saturated heterocycles. The maximum Gasteiger partial charge on any atom is 0.251 e. The third-order valence-electron chi connectivity index (χ3n) is 4.73. The lowest BCUT2D eigenvalue weighted by molar-refractivity contribution is -0.116. The van der Waals surface area contributed by atoms with Crippen LogP contribution < -0.4 is 16.4 Å². The number of para-hydroxylation sites is 1. The van der Waals surface area contributed by atoms with Crippen LogP contribution in [0, 0.1) is 0 Å². The fourth-order valence-corrected chi connectivity index (χ4v) is 3.08. The van der Waals surface area contributed by atoms with Crippen molar-refractivity contribution in [2.24, 2.45) is 0 Å². The van der Waals surface area contributed by atoms with Crippen molar-refractivity contribution in [1.29, 1.82) is 0 Å². The van der Waals surface area contributed by atoms with E-state index in [-0.39, 0.29) is 17.9 Å². The quantitative estimate of drug-likeness (QED) is 0.528. The van der Waals surface area contributed by atoms with E-state index in [0.717, 1.165) is 11.1 Å². The number of nitrogen functional groups attached to an aromatic ring is 1. The average Bonchev–Trinajstić information content (AvgIpc) is 2.74.